The molecule has 2 aromatic rings. The van der Waals surface area contributed by atoms with E-state index in [1.54, 1.807) is 11.9 Å². The van der Waals surface area contributed by atoms with Crippen molar-refractivity contribution in [1.82, 2.24) is 0 Å². The van der Waals surface area contributed by atoms with Crippen LogP contribution in [0.25, 0.3) is 0 Å². The van der Waals surface area contributed by atoms with Crippen LogP contribution in [0.2, 0.25) is 0 Å². The molecule has 0 fully saturated rings. The third-order valence-electron chi connectivity index (χ3n) is 3.51. The highest BCUT2D eigenvalue weighted by Crippen LogP contribution is 2.37. The molecule has 3 heteroatoms. The second-order valence-corrected chi connectivity index (χ2v) is 4.81. The Kier molecular flexibility index (Phi) is 2.81. The molecule has 1 amide bonds. The van der Waals surface area contributed by atoms with Crippen molar-refractivity contribution in [3.8, 4) is 11.8 Å². The molecular weight excluding hydrogens is 248 g/mol. The summed E-state index contributed by atoms with van der Waals surface area (Å²) in [5, 5.41) is 0. The van der Waals surface area contributed by atoms with Crippen molar-refractivity contribution < 1.29 is 4.79 Å². The lowest BCUT2D eigenvalue weighted by atomic mass is 9.93. The Balaban J connectivity index is 2.09. The normalized spacial score (nSPS) is 20.3. The number of nitrogens with two attached hydrogens (primary N) is 1. The van der Waals surface area contributed by atoms with Gasteiger partial charge in [0.2, 0.25) is 0 Å². The second-order valence-electron chi connectivity index (χ2n) is 4.81. The Labute approximate surface area is 118 Å². The van der Waals surface area contributed by atoms with Crippen molar-refractivity contribution in [1.29, 1.82) is 0 Å². The van der Waals surface area contributed by atoms with Crippen LogP contribution in [-0.4, -0.2) is 13.0 Å². The fraction of sp³-hybridized carbons (Fsp3) is 0.118. The number of nitrogens with zero attached hydrogens (tertiary/aromatic N) is 1. The molecule has 0 aliphatic carbocycles. The van der Waals surface area contributed by atoms with Crippen LogP contribution in [0, 0.1) is 11.8 Å². The molecule has 20 heavy (non-hydrogen) atoms. The highest BCUT2D eigenvalue weighted by Gasteiger charge is 2.45. The monoisotopic (exact) mass is 262 g/mol. The molecule has 0 saturated heterocycles. The van der Waals surface area contributed by atoms with Crippen LogP contribution in [0.5, 0.6) is 0 Å². The van der Waals surface area contributed by atoms with Gasteiger partial charge in [-0.15, -0.1) is 0 Å². The summed E-state index contributed by atoms with van der Waals surface area (Å²) in [6.45, 7) is 0. The van der Waals surface area contributed by atoms with Crippen molar-refractivity contribution in [2.24, 2.45) is 5.73 Å². The number of rotatable bonds is 0. The molecule has 0 unspecified atom stereocenters. The van der Waals surface area contributed by atoms with Crippen LogP contribution in [0.4, 0.5) is 5.69 Å². The summed E-state index contributed by atoms with van der Waals surface area (Å²) in [7, 11) is 1.72. The molecule has 3 nitrogen and oxygen atoms in total. The number of fused-ring (bicyclic) bond motifs is 1. The van der Waals surface area contributed by atoms with Gasteiger partial charge >= 0.3 is 0 Å². The minimum absolute atomic E-state index is 0.192. The SMILES string of the molecule is CN1C(=O)[C@@](N)(C#Cc2ccccc2)c2ccccc21. The lowest BCUT2D eigenvalue weighted by molar-refractivity contribution is -0.120. The molecule has 1 aliphatic heterocycles. The maximum Gasteiger partial charge on any atom is 0.264 e. The average molecular weight is 262 g/mol. The molecule has 0 aromatic heterocycles. The van der Waals surface area contributed by atoms with Gasteiger partial charge in [0, 0.05) is 23.9 Å². The van der Waals surface area contributed by atoms with Gasteiger partial charge in [-0.3, -0.25) is 4.79 Å². The number of hydrogen-bond acceptors (Lipinski definition) is 2. The topological polar surface area (TPSA) is 46.3 Å². The Morgan fingerprint density at radius 3 is 2.45 bits per heavy atom. The first-order valence-electron chi connectivity index (χ1n) is 6.38. The highest BCUT2D eigenvalue weighted by atomic mass is 16.2. The van der Waals surface area contributed by atoms with Crippen molar-refractivity contribution in [3.05, 3.63) is 65.7 Å². The van der Waals surface area contributed by atoms with Crippen LogP contribution < -0.4 is 10.6 Å². The number of para-hydroxylation sites is 1. The van der Waals surface area contributed by atoms with Crippen molar-refractivity contribution >= 4 is 11.6 Å². The summed E-state index contributed by atoms with van der Waals surface area (Å²) in [4.78, 5) is 14.0. The molecule has 1 atom stereocenters. The van der Waals surface area contributed by atoms with E-state index in [0.29, 0.717) is 0 Å². The van der Waals surface area contributed by atoms with Gasteiger partial charge in [-0.2, -0.15) is 0 Å². The van der Waals surface area contributed by atoms with Crippen molar-refractivity contribution in [2.75, 3.05) is 11.9 Å². The first-order chi connectivity index (χ1) is 9.63. The average Bonchev–Trinajstić information content (AvgIpc) is 2.69. The molecule has 2 N–H and O–H groups in total. The summed E-state index contributed by atoms with van der Waals surface area (Å²) in [6.07, 6.45) is 0. The minimum atomic E-state index is -1.26. The summed E-state index contributed by atoms with van der Waals surface area (Å²) in [5.74, 6) is 5.75. The predicted molar refractivity (Wildman–Crippen MR) is 79.0 cm³/mol. The summed E-state index contributed by atoms with van der Waals surface area (Å²) >= 11 is 0. The zero-order valence-electron chi connectivity index (χ0n) is 11.1. The molecule has 0 radical (unpaired) electrons. The maximum atomic E-state index is 12.4. The van der Waals surface area contributed by atoms with E-state index < -0.39 is 5.54 Å². The van der Waals surface area contributed by atoms with E-state index in [1.807, 2.05) is 54.6 Å². The Bertz CT molecular complexity index is 727. The van der Waals surface area contributed by atoms with E-state index in [4.69, 9.17) is 5.73 Å². The van der Waals surface area contributed by atoms with E-state index in [2.05, 4.69) is 11.8 Å². The van der Waals surface area contributed by atoms with Gasteiger partial charge in [0.15, 0.2) is 5.54 Å². The van der Waals surface area contributed by atoms with E-state index in [0.717, 1.165) is 16.8 Å². The quantitative estimate of drug-likeness (QED) is 0.737. The second kappa shape index (κ2) is 4.52. The maximum absolute atomic E-state index is 12.4. The van der Waals surface area contributed by atoms with Gasteiger partial charge in [0.25, 0.3) is 5.91 Å². The van der Waals surface area contributed by atoms with Gasteiger partial charge in [-0.1, -0.05) is 48.2 Å². The zero-order chi connectivity index (χ0) is 14.2. The smallest absolute Gasteiger partial charge is 0.264 e. The summed E-state index contributed by atoms with van der Waals surface area (Å²) < 4.78 is 0. The van der Waals surface area contributed by atoms with Crippen LogP contribution >= 0.6 is 0 Å². The van der Waals surface area contributed by atoms with Crippen LogP contribution in [-0.2, 0) is 10.3 Å². The fourth-order valence-corrected chi connectivity index (χ4v) is 2.40. The molecule has 3 rings (SSSR count). The van der Waals surface area contributed by atoms with Crippen LogP contribution in [0.1, 0.15) is 11.1 Å². The molecular formula is C17H14N2O. The Morgan fingerprint density at radius 1 is 1.05 bits per heavy atom. The third kappa shape index (κ3) is 1.78. The number of anilines is 1. The zero-order valence-corrected chi connectivity index (χ0v) is 11.1. The first-order valence-corrected chi connectivity index (χ1v) is 6.38. The number of hydrogen-bond donors (Lipinski definition) is 1. The largest absolute Gasteiger partial charge is 0.312 e. The number of likely N-dealkylation sites (N-methyl/N-ethyl adjacent to an activating group) is 1. The van der Waals surface area contributed by atoms with Crippen molar-refractivity contribution in [3.63, 3.8) is 0 Å². The van der Waals surface area contributed by atoms with E-state index >= 15 is 0 Å². The molecule has 1 heterocycles. The molecule has 1 aliphatic rings. The lowest BCUT2D eigenvalue weighted by Crippen LogP contribution is -2.45. The number of carbonyl (C=O) groups excluding carboxylic acids is 1. The molecule has 2 aromatic carbocycles. The fourth-order valence-electron chi connectivity index (χ4n) is 2.40. The van der Waals surface area contributed by atoms with Gasteiger partial charge < -0.3 is 10.6 Å². The van der Waals surface area contributed by atoms with E-state index in [-0.39, 0.29) is 5.91 Å². The van der Waals surface area contributed by atoms with Gasteiger partial charge in [0.1, 0.15) is 0 Å². The molecule has 0 bridgehead atoms. The predicted octanol–water partition coefficient (Wildman–Crippen LogP) is 1.87. The summed E-state index contributed by atoms with van der Waals surface area (Å²) in [5.41, 5.74) is 7.45. The molecule has 0 spiro atoms. The third-order valence-corrected chi connectivity index (χ3v) is 3.51. The van der Waals surface area contributed by atoms with Crippen LogP contribution in [0.15, 0.2) is 54.6 Å². The number of benzene rings is 2. The summed E-state index contributed by atoms with van der Waals surface area (Å²) in [6, 6.07) is 17.0. The van der Waals surface area contributed by atoms with E-state index in [1.165, 1.54) is 0 Å². The molecule has 0 saturated carbocycles. The van der Waals surface area contributed by atoms with E-state index in [9.17, 15) is 4.79 Å². The van der Waals surface area contributed by atoms with Crippen LogP contribution in [0.3, 0.4) is 0 Å². The molecule has 98 valence electrons. The first kappa shape index (κ1) is 12.5. The van der Waals surface area contributed by atoms with Crippen molar-refractivity contribution in [2.45, 2.75) is 5.54 Å². The number of carbonyl (C=O) groups is 1. The van der Waals surface area contributed by atoms with Gasteiger partial charge in [0.05, 0.1) is 0 Å². The minimum Gasteiger partial charge on any atom is -0.312 e. The Morgan fingerprint density at radius 2 is 1.70 bits per heavy atom. The highest BCUT2D eigenvalue weighted by molar-refractivity contribution is 6.09. The standard InChI is InChI=1S/C17H14N2O/c1-19-15-10-6-5-9-14(15)17(18,16(19)20)12-11-13-7-3-2-4-8-13/h2-10H,18H2,1H3/t17-/m1/s1. The lowest BCUT2D eigenvalue weighted by Gasteiger charge is -2.15. The Hall–Kier alpha value is -2.57. The van der Waals surface area contributed by atoms with Gasteiger partial charge in [-0.25, -0.2) is 0 Å². The number of amides is 1. The van der Waals surface area contributed by atoms with Gasteiger partial charge in [-0.05, 0) is 18.2 Å².